The number of ether oxygens (including phenoxy) is 1. The quantitative estimate of drug-likeness (QED) is 0.883. The third-order valence-corrected chi connectivity index (χ3v) is 2.35. The van der Waals surface area contributed by atoms with E-state index in [0.29, 0.717) is 23.4 Å². The molecule has 90 valence electrons. The monoisotopic (exact) mass is 232 g/mol. The topological polar surface area (TPSA) is 66.0 Å². The van der Waals surface area contributed by atoms with Crippen molar-refractivity contribution in [2.75, 3.05) is 5.73 Å². The Bertz CT molecular complexity index is 519. The summed E-state index contributed by atoms with van der Waals surface area (Å²) in [6.07, 6.45) is 3.48. The van der Waals surface area contributed by atoms with Crippen LogP contribution in [0.4, 0.5) is 5.69 Å². The number of rotatable bonds is 3. The number of pyridine rings is 1. The van der Waals surface area contributed by atoms with Gasteiger partial charge in [-0.05, 0) is 32.9 Å². The van der Waals surface area contributed by atoms with Crippen LogP contribution in [0.1, 0.15) is 25.6 Å². The highest BCUT2D eigenvalue weighted by Gasteiger charge is 2.07. The fourth-order valence-electron chi connectivity index (χ4n) is 1.39. The first kappa shape index (κ1) is 11.4. The number of hydrogen-bond donors (Lipinski definition) is 1. The lowest BCUT2D eigenvalue weighted by Gasteiger charge is -2.06. The molecule has 0 radical (unpaired) electrons. The van der Waals surface area contributed by atoms with Crippen molar-refractivity contribution in [2.24, 2.45) is 0 Å². The molecule has 0 aliphatic heterocycles. The molecule has 0 fully saturated rings. The molecule has 2 N–H and O–H groups in total. The minimum absolute atomic E-state index is 0.301. The molecular weight excluding hydrogens is 216 g/mol. The standard InChI is InChI=1S/C12H16N4O/c1-8(2)16-7-10(6-14-16)17-12-11(13)5-4-9(3)15-12/h4-8H,13H2,1-3H3. The molecule has 0 aliphatic rings. The fourth-order valence-corrected chi connectivity index (χ4v) is 1.39. The van der Waals surface area contributed by atoms with Crippen molar-refractivity contribution in [3.8, 4) is 11.6 Å². The molecule has 2 aromatic rings. The average Bonchev–Trinajstić information content (AvgIpc) is 2.72. The molecule has 0 saturated carbocycles. The van der Waals surface area contributed by atoms with E-state index < -0.39 is 0 Å². The summed E-state index contributed by atoms with van der Waals surface area (Å²) >= 11 is 0. The van der Waals surface area contributed by atoms with Gasteiger partial charge in [0.05, 0.1) is 18.1 Å². The van der Waals surface area contributed by atoms with Crippen molar-refractivity contribution < 1.29 is 4.74 Å². The summed E-state index contributed by atoms with van der Waals surface area (Å²) in [7, 11) is 0. The molecule has 0 atom stereocenters. The molecule has 0 aliphatic carbocycles. The second-order valence-electron chi connectivity index (χ2n) is 4.20. The van der Waals surface area contributed by atoms with Crippen molar-refractivity contribution in [2.45, 2.75) is 26.8 Å². The van der Waals surface area contributed by atoms with Crippen LogP contribution in [0.5, 0.6) is 11.6 Å². The van der Waals surface area contributed by atoms with Crippen molar-refractivity contribution in [1.82, 2.24) is 14.8 Å². The number of nitrogen functional groups attached to an aromatic ring is 1. The van der Waals surface area contributed by atoms with Gasteiger partial charge >= 0.3 is 0 Å². The summed E-state index contributed by atoms with van der Waals surface area (Å²) in [5.41, 5.74) is 7.18. The van der Waals surface area contributed by atoms with Gasteiger partial charge in [0, 0.05) is 11.7 Å². The fraction of sp³-hybridized carbons (Fsp3) is 0.333. The first-order valence-corrected chi connectivity index (χ1v) is 5.51. The van der Waals surface area contributed by atoms with Crippen molar-refractivity contribution in [1.29, 1.82) is 0 Å². The number of hydrogen-bond acceptors (Lipinski definition) is 4. The van der Waals surface area contributed by atoms with Gasteiger partial charge in [0.1, 0.15) is 0 Å². The third-order valence-electron chi connectivity index (χ3n) is 2.35. The van der Waals surface area contributed by atoms with Gasteiger partial charge in [-0.25, -0.2) is 4.98 Å². The molecule has 0 spiro atoms. The summed E-state index contributed by atoms with van der Waals surface area (Å²) in [6, 6.07) is 3.93. The molecule has 0 aromatic carbocycles. The van der Waals surface area contributed by atoms with Gasteiger partial charge in [-0.2, -0.15) is 5.10 Å². The molecular formula is C12H16N4O. The van der Waals surface area contributed by atoms with Gasteiger partial charge in [0.25, 0.3) is 0 Å². The van der Waals surface area contributed by atoms with Crippen LogP contribution < -0.4 is 10.5 Å². The molecule has 2 heterocycles. The van der Waals surface area contributed by atoms with E-state index in [1.54, 1.807) is 12.3 Å². The molecule has 0 saturated heterocycles. The lowest BCUT2D eigenvalue weighted by molar-refractivity contribution is 0.460. The van der Waals surface area contributed by atoms with E-state index in [0.717, 1.165) is 5.69 Å². The van der Waals surface area contributed by atoms with Crippen LogP contribution in [0, 0.1) is 6.92 Å². The first-order valence-electron chi connectivity index (χ1n) is 5.51. The smallest absolute Gasteiger partial charge is 0.243 e. The van der Waals surface area contributed by atoms with E-state index >= 15 is 0 Å². The van der Waals surface area contributed by atoms with Crippen LogP contribution in [-0.4, -0.2) is 14.8 Å². The largest absolute Gasteiger partial charge is 0.434 e. The minimum Gasteiger partial charge on any atom is -0.434 e. The van der Waals surface area contributed by atoms with E-state index in [4.69, 9.17) is 10.5 Å². The van der Waals surface area contributed by atoms with Crippen molar-refractivity contribution in [3.05, 3.63) is 30.2 Å². The molecule has 2 aromatic heterocycles. The second kappa shape index (κ2) is 4.45. The molecule has 0 bridgehead atoms. The Hall–Kier alpha value is -2.04. The maximum absolute atomic E-state index is 5.79. The van der Waals surface area contributed by atoms with Crippen LogP contribution in [-0.2, 0) is 0 Å². The average molecular weight is 232 g/mol. The van der Waals surface area contributed by atoms with E-state index in [9.17, 15) is 0 Å². The number of aromatic nitrogens is 3. The zero-order chi connectivity index (χ0) is 12.4. The summed E-state index contributed by atoms with van der Waals surface area (Å²) in [5, 5.41) is 4.19. The maximum atomic E-state index is 5.79. The van der Waals surface area contributed by atoms with Crippen LogP contribution in [0.15, 0.2) is 24.5 Å². The number of aryl methyl sites for hydroxylation is 1. The van der Waals surface area contributed by atoms with E-state index in [-0.39, 0.29) is 0 Å². The number of nitrogens with zero attached hydrogens (tertiary/aromatic N) is 3. The van der Waals surface area contributed by atoms with E-state index in [2.05, 4.69) is 23.9 Å². The second-order valence-corrected chi connectivity index (χ2v) is 4.20. The highest BCUT2D eigenvalue weighted by molar-refractivity contribution is 5.49. The van der Waals surface area contributed by atoms with Gasteiger partial charge < -0.3 is 10.5 Å². The Balaban J connectivity index is 2.22. The van der Waals surface area contributed by atoms with E-state index in [1.165, 1.54) is 0 Å². The van der Waals surface area contributed by atoms with Gasteiger partial charge in [-0.1, -0.05) is 0 Å². The lowest BCUT2D eigenvalue weighted by Crippen LogP contribution is -2.00. The Morgan fingerprint density at radius 3 is 2.76 bits per heavy atom. The zero-order valence-corrected chi connectivity index (χ0v) is 10.2. The molecule has 0 amide bonds. The van der Waals surface area contributed by atoms with Crippen molar-refractivity contribution in [3.63, 3.8) is 0 Å². The summed E-state index contributed by atoms with van der Waals surface area (Å²) < 4.78 is 7.42. The van der Waals surface area contributed by atoms with Crippen LogP contribution in [0.3, 0.4) is 0 Å². The normalized spacial score (nSPS) is 10.8. The van der Waals surface area contributed by atoms with Gasteiger partial charge in [-0.15, -0.1) is 0 Å². The maximum Gasteiger partial charge on any atom is 0.243 e. The first-order chi connectivity index (χ1) is 8.06. The number of nitrogens with two attached hydrogens (primary N) is 1. The summed E-state index contributed by atoms with van der Waals surface area (Å²) in [6.45, 7) is 6.00. The number of anilines is 1. The highest BCUT2D eigenvalue weighted by Crippen LogP contribution is 2.25. The SMILES string of the molecule is Cc1ccc(N)c(Oc2cnn(C(C)C)c2)n1. The zero-order valence-electron chi connectivity index (χ0n) is 10.2. The summed E-state index contributed by atoms with van der Waals surface area (Å²) in [4.78, 5) is 4.24. The third kappa shape index (κ3) is 2.55. The molecule has 0 unspecified atom stereocenters. The molecule has 5 heteroatoms. The van der Waals surface area contributed by atoms with Crippen molar-refractivity contribution >= 4 is 5.69 Å². The predicted octanol–water partition coefficient (Wildman–Crippen LogP) is 2.54. The van der Waals surface area contributed by atoms with Crippen LogP contribution >= 0.6 is 0 Å². The van der Waals surface area contributed by atoms with Crippen LogP contribution in [0.2, 0.25) is 0 Å². The Kier molecular flexibility index (Phi) is 2.99. The highest BCUT2D eigenvalue weighted by atomic mass is 16.5. The van der Waals surface area contributed by atoms with Crippen LogP contribution in [0.25, 0.3) is 0 Å². The Morgan fingerprint density at radius 2 is 2.12 bits per heavy atom. The molecule has 5 nitrogen and oxygen atoms in total. The Labute approximate surface area is 100 Å². The molecule has 17 heavy (non-hydrogen) atoms. The Morgan fingerprint density at radius 1 is 1.35 bits per heavy atom. The summed E-state index contributed by atoms with van der Waals surface area (Å²) in [5.74, 6) is 1.07. The predicted molar refractivity (Wildman–Crippen MR) is 66.1 cm³/mol. The lowest BCUT2D eigenvalue weighted by atomic mass is 10.3. The van der Waals surface area contributed by atoms with Gasteiger partial charge in [0.15, 0.2) is 5.75 Å². The minimum atomic E-state index is 0.301. The van der Waals surface area contributed by atoms with Gasteiger partial charge in [-0.3, -0.25) is 4.68 Å². The van der Waals surface area contributed by atoms with Gasteiger partial charge in [0.2, 0.25) is 5.88 Å². The molecule has 2 rings (SSSR count). The van der Waals surface area contributed by atoms with E-state index in [1.807, 2.05) is 23.9 Å².